The zero-order valence-electron chi connectivity index (χ0n) is 30.5. The van der Waals surface area contributed by atoms with E-state index < -0.39 is 5.97 Å². The third-order valence-electron chi connectivity index (χ3n) is 9.77. The molecule has 0 fully saturated rings. The lowest BCUT2D eigenvalue weighted by molar-refractivity contribution is -0.355. The van der Waals surface area contributed by atoms with Crippen LogP contribution in [0.5, 0.6) is 0 Å². The molecule has 0 spiro atoms. The summed E-state index contributed by atoms with van der Waals surface area (Å²) < 4.78 is 16.1. The van der Waals surface area contributed by atoms with Crippen LogP contribution in [0, 0.1) is 0 Å². The van der Waals surface area contributed by atoms with Crippen molar-refractivity contribution in [1.82, 2.24) is 0 Å². The lowest BCUT2D eigenvalue weighted by Gasteiger charge is -2.28. The van der Waals surface area contributed by atoms with Crippen LogP contribution in [-0.2, 0) is 14.2 Å². The van der Waals surface area contributed by atoms with Crippen LogP contribution in [0.4, 0.5) is 0 Å². The fourth-order valence-corrected chi connectivity index (χ4v) is 8.40. The Balaban J connectivity index is 3.12. The van der Waals surface area contributed by atoms with E-state index in [1.54, 1.807) is 39.8 Å². The number of ether oxygens (including phenoxy) is 3. The van der Waals surface area contributed by atoms with Gasteiger partial charge in [-0.05, 0) is 6.42 Å². The maximum absolute atomic E-state index is 5.36. The number of rotatable bonds is 38. The van der Waals surface area contributed by atoms with Gasteiger partial charge < -0.3 is 14.2 Å². The molecular weight excluding hydrogens is 545 g/mol. The summed E-state index contributed by atoms with van der Waals surface area (Å²) in [5.41, 5.74) is 0. The van der Waals surface area contributed by atoms with E-state index in [0.29, 0.717) is 0 Å². The second kappa shape index (κ2) is 36.6. The molecule has 0 heterocycles. The van der Waals surface area contributed by atoms with Crippen LogP contribution < -0.4 is 0 Å². The Labute approximate surface area is 275 Å². The van der Waals surface area contributed by atoms with Crippen LogP contribution >= 0.6 is 0 Å². The minimum absolute atomic E-state index is 0.258. The number of hydrogen-bond acceptors (Lipinski definition) is 3. The van der Waals surface area contributed by atoms with Crippen LogP contribution in [0.1, 0.15) is 212 Å². The molecule has 0 aromatic rings. The average Bonchev–Trinajstić information content (AvgIpc) is 3.03. The van der Waals surface area contributed by atoms with Gasteiger partial charge in [0.2, 0.25) is 0 Å². The summed E-state index contributed by atoms with van der Waals surface area (Å²) in [6.45, 7) is 2.31. The monoisotopic (exact) mass is 627 g/mol. The number of hydrogen-bond donors (Lipinski definition) is 0. The van der Waals surface area contributed by atoms with E-state index in [1.807, 2.05) is 0 Å². The van der Waals surface area contributed by atoms with E-state index in [1.165, 1.54) is 186 Å². The highest BCUT2D eigenvalue weighted by Gasteiger charge is 2.28. The Kier molecular flexibility index (Phi) is 36.6. The summed E-state index contributed by atoms with van der Waals surface area (Å²) in [5.74, 6) is -0.841. The molecule has 0 aliphatic heterocycles. The highest BCUT2D eigenvalue weighted by Crippen LogP contribution is 2.22. The molecule has 0 radical (unpaired) electrons. The van der Waals surface area contributed by atoms with Crippen molar-refractivity contribution in [2.45, 2.75) is 230 Å². The smallest absolute Gasteiger partial charge is 0.282 e. The Morgan fingerprint density at radius 3 is 0.814 bits per heavy atom. The molecule has 260 valence electrons. The van der Waals surface area contributed by atoms with Gasteiger partial charge in [0.1, 0.15) is 0 Å². The largest absolute Gasteiger partial charge is 0.331 e. The summed E-state index contributed by atoms with van der Waals surface area (Å²) in [6, 6.07) is 3.24. The molecule has 0 unspecified atom stereocenters. The second-order valence-electron chi connectivity index (χ2n) is 13.7. The lowest BCUT2D eigenvalue weighted by atomic mass is 10.0. The molecule has 0 aromatic carbocycles. The Morgan fingerprint density at radius 2 is 0.558 bits per heavy atom. The summed E-state index contributed by atoms with van der Waals surface area (Å²) in [5, 5.41) is 0. The molecule has 0 N–H and O–H groups in total. The van der Waals surface area contributed by atoms with Crippen molar-refractivity contribution in [2.24, 2.45) is 0 Å². The summed E-state index contributed by atoms with van der Waals surface area (Å²) >= 11 is 0. The van der Waals surface area contributed by atoms with E-state index in [-0.39, 0.29) is 9.52 Å². The quantitative estimate of drug-likeness (QED) is 0.0387. The van der Waals surface area contributed by atoms with Crippen molar-refractivity contribution < 1.29 is 14.2 Å². The molecule has 4 heteroatoms. The van der Waals surface area contributed by atoms with E-state index >= 15 is 0 Å². The molecule has 0 atom stereocenters. The van der Waals surface area contributed by atoms with E-state index in [9.17, 15) is 0 Å². The average molecular weight is 627 g/mol. The highest BCUT2D eigenvalue weighted by molar-refractivity contribution is 6.35. The van der Waals surface area contributed by atoms with Crippen LogP contribution in [-0.4, -0.2) is 36.8 Å². The van der Waals surface area contributed by atoms with Crippen LogP contribution in [0.25, 0.3) is 0 Å². The number of unbranched alkanes of at least 4 members (excludes halogenated alkanes) is 29. The molecule has 0 aromatic heterocycles. The Morgan fingerprint density at radius 1 is 0.326 bits per heavy atom. The zero-order chi connectivity index (χ0) is 31.4. The van der Waals surface area contributed by atoms with Crippen molar-refractivity contribution >= 4 is 9.52 Å². The van der Waals surface area contributed by atoms with Gasteiger partial charge >= 0.3 is 0 Å². The Hall–Kier alpha value is 0.0969. The highest BCUT2D eigenvalue weighted by atomic mass is 28.2. The van der Waals surface area contributed by atoms with Gasteiger partial charge in [-0.1, -0.05) is 212 Å². The van der Waals surface area contributed by atoms with Crippen molar-refractivity contribution in [1.29, 1.82) is 0 Å². The first-order valence-corrected chi connectivity index (χ1v) is 21.9. The van der Waals surface area contributed by atoms with E-state index in [4.69, 9.17) is 14.2 Å². The molecule has 0 rings (SSSR count). The van der Waals surface area contributed by atoms with Gasteiger partial charge in [0.25, 0.3) is 5.97 Å². The van der Waals surface area contributed by atoms with Crippen molar-refractivity contribution in [3.8, 4) is 0 Å². The number of methoxy groups -OCH3 is 3. The summed E-state index contributed by atoms with van der Waals surface area (Å²) in [7, 11) is 5.21. The summed E-state index contributed by atoms with van der Waals surface area (Å²) in [4.78, 5) is 0. The topological polar surface area (TPSA) is 27.7 Å². The third-order valence-corrected chi connectivity index (χ3v) is 11.8. The minimum Gasteiger partial charge on any atom is -0.331 e. The molecule has 0 saturated heterocycles. The lowest BCUT2D eigenvalue weighted by Crippen LogP contribution is -2.35. The fraction of sp³-hybridized carbons (Fsp3) is 1.00. The SMILES string of the molecule is CCCCCCCCCCCCCCCCCC[SiH2]CCCCCCCCCCCCCCCCCC(OC)(OC)OC. The van der Waals surface area contributed by atoms with Crippen LogP contribution in [0.2, 0.25) is 12.1 Å². The van der Waals surface area contributed by atoms with Gasteiger partial charge in [-0.25, -0.2) is 0 Å². The standard InChI is InChI=1S/C39H82O3Si/c1-5-6-7-8-9-10-11-12-13-16-19-22-25-28-31-34-37-43-38-35-32-29-26-23-20-17-14-15-18-21-24-27-30-33-36-39(40-2,41-3)42-4/h5-38,43H2,1-4H3. The van der Waals surface area contributed by atoms with Gasteiger partial charge in [0.15, 0.2) is 0 Å². The first kappa shape index (κ1) is 43.1. The minimum atomic E-state index is -0.841. The van der Waals surface area contributed by atoms with Gasteiger partial charge in [-0.3, -0.25) is 0 Å². The van der Waals surface area contributed by atoms with Crippen molar-refractivity contribution in [2.75, 3.05) is 21.3 Å². The first-order chi connectivity index (χ1) is 21.2. The van der Waals surface area contributed by atoms with Crippen molar-refractivity contribution in [3.05, 3.63) is 0 Å². The predicted octanol–water partition coefficient (Wildman–Crippen LogP) is 13.1. The van der Waals surface area contributed by atoms with E-state index in [0.717, 1.165) is 12.8 Å². The molecule has 0 amide bonds. The van der Waals surface area contributed by atoms with Gasteiger partial charge in [0, 0.05) is 37.3 Å². The molecule has 3 nitrogen and oxygen atoms in total. The van der Waals surface area contributed by atoms with E-state index in [2.05, 4.69) is 6.92 Å². The molecule has 43 heavy (non-hydrogen) atoms. The maximum atomic E-state index is 5.36. The van der Waals surface area contributed by atoms with Gasteiger partial charge in [-0.2, -0.15) is 0 Å². The molecular formula is C39H82O3Si. The Bertz CT molecular complexity index is 489. The molecule has 0 bridgehead atoms. The predicted molar refractivity (Wildman–Crippen MR) is 195 cm³/mol. The van der Waals surface area contributed by atoms with Crippen LogP contribution in [0.3, 0.4) is 0 Å². The maximum Gasteiger partial charge on any atom is 0.282 e. The molecule has 0 aliphatic rings. The van der Waals surface area contributed by atoms with Gasteiger partial charge in [0.05, 0.1) is 0 Å². The zero-order valence-corrected chi connectivity index (χ0v) is 31.9. The second-order valence-corrected chi connectivity index (χ2v) is 15.8. The molecule has 0 aliphatic carbocycles. The first-order valence-electron chi connectivity index (χ1n) is 19.9. The van der Waals surface area contributed by atoms with Gasteiger partial charge in [-0.15, -0.1) is 0 Å². The van der Waals surface area contributed by atoms with Crippen molar-refractivity contribution in [3.63, 3.8) is 0 Å². The van der Waals surface area contributed by atoms with Crippen LogP contribution in [0.15, 0.2) is 0 Å². The normalized spacial score (nSPS) is 12.3. The molecule has 0 saturated carbocycles. The summed E-state index contributed by atoms with van der Waals surface area (Å²) in [6.07, 6.45) is 45.7. The fourth-order valence-electron chi connectivity index (χ4n) is 6.63. The third kappa shape index (κ3) is 31.9.